The van der Waals surface area contributed by atoms with Crippen molar-refractivity contribution in [3.8, 4) is 0 Å². The summed E-state index contributed by atoms with van der Waals surface area (Å²) in [5, 5.41) is 13.8. The van der Waals surface area contributed by atoms with E-state index in [-0.39, 0.29) is 25.5 Å². The maximum absolute atomic E-state index is 12.9. The normalized spacial score (nSPS) is 14.0. The molecule has 51 heavy (non-hydrogen) atoms. The summed E-state index contributed by atoms with van der Waals surface area (Å²) in [4.78, 5) is 73.4. The second-order valence-corrected chi connectivity index (χ2v) is 13.8. The summed E-state index contributed by atoms with van der Waals surface area (Å²) in [7, 11) is 0. The van der Waals surface area contributed by atoms with E-state index in [4.69, 9.17) is 24.1 Å². The zero-order chi connectivity index (χ0) is 38.0. The Labute approximate surface area is 299 Å². The first-order valence-corrected chi connectivity index (χ1v) is 16.8. The lowest BCUT2D eigenvalue weighted by Gasteiger charge is -2.30. The van der Waals surface area contributed by atoms with Gasteiger partial charge in [-0.15, -0.1) is 0 Å². The van der Waals surface area contributed by atoms with Crippen LogP contribution in [0.5, 0.6) is 0 Å². The van der Waals surface area contributed by atoms with Crippen LogP contribution in [-0.2, 0) is 51.3 Å². The van der Waals surface area contributed by atoms with Crippen molar-refractivity contribution in [2.24, 2.45) is 0 Å². The molecule has 1 saturated heterocycles. The third kappa shape index (κ3) is 18.4. The molecule has 1 fully saturated rings. The van der Waals surface area contributed by atoms with Gasteiger partial charge in [-0.05, 0) is 71.9 Å². The Morgan fingerprint density at radius 2 is 1.04 bits per heavy atom. The lowest BCUT2D eigenvalue weighted by atomic mass is 10.1. The highest BCUT2D eigenvalue weighted by Gasteiger charge is 2.31. The number of benzene rings is 2. The van der Waals surface area contributed by atoms with Crippen LogP contribution in [0.1, 0.15) is 84.8 Å². The quantitative estimate of drug-likeness (QED) is 0.196. The van der Waals surface area contributed by atoms with E-state index in [2.05, 4.69) is 10.6 Å². The van der Waals surface area contributed by atoms with Crippen LogP contribution in [0, 0.1) is 0 Å². The molecule has 14 heteroatoms. The highest BCUT2D eigenvalue weighted by Crippen LogP contribution is 2.15. The van der Waals surface area contributed by atoms with Crippen molar-refractivity contribution in [2.45, 2.75) is 110 Å². The average molecular weight is 714 g/mol. The average Bonchev–Trinajstić information content (AvgIpc) is 3.05. The van der Waals surface area contributed by atoms with E-state index in [1.807, 2.05) is 36.4 Å². The number of esters is 2. The van der Waals surface area contributed by atoms with Gasteiger partial charge in [0.25, 0.3) is 0 Å². The number of hydrogen-bond acceptors (Lipinski definition) is 10. The van der Waals surface area contributed by atoms with Gasteiger partial charge in [0, 0.05) is 13.1 Å². The van der Waals surface area contributed by atoms with Gasteiger partial charge in [-0.3, -0.25) is 14.4 Å². The summed E-state index contributed by atoms with van der Waals surface area (Å²) in [5.74, 6) is -2.87. The molecule has 1 aliphatic rings. The number of nitrogens with one attached hydrogen (secondary N) is 2. The van der Waals surface area contributed by atoms with Gasteiger partial charge in [-0.1, -0.05) is 60.7 Å². The fourth-order valence-electron chi connectivity index (χ4n) is 4.65. The zero-order valence-electron chi connectivity index (χ0n) is 30.3. The number of amides is 3. The van der Waals surface area contributed by atoms with Gasteiger partial charge < -0.3 is 39.6 Å². The Hall–Kier alpha value is -5.14. The number of hydrogen-bond donors (Lipinski definition) is 3. The molecule has 2 atom stereocenters. The molecule has 0 unspecified atom stereocenters. The summed E-state index contributed by atoms with van der Waals surface area (Å²) >= 11 is 0. The number of carboxylic acids is 1. The molecule has 0 saturated carbocycles. The Balaban J connectivity index is 0.000000361. The predicted octanol–water partition coefficient (Wildman–Crippen LogP) is 5.12. The standard InChI is InChI=1S/C21H30N2O5.C16H21NO6/c1-21(2,3)28-18(24)14-17(19(25)23-12-8-5-9-13-23)22-20(26)27-15-16-10-6-4-7-11-16;1-16(2,3)23-13(18)9-12(14(19)20)17-15(21)22-10-11-7-5-4-6-8-11/h4,6-7,10-11,17H,5,8-9,12-15H2,1-3H3,(H,22,26);4-8,12H,9-10H2,1-3H3,(H,17,21)(H,19,20)/t17-;12-/m00/s1. The summed E-state index contributed by atoms with van der Waals surface area (Å²) in [5.41, 5.74) is 0.211. The summed E-state index contributed by atoms with van der Waals surface area (Å²) in [6.45, 7) is 11.6. The minimum atomic E-state index is -1.41. The number of carboxylic acid groups (broad SMARTS) is 1. The van der Waals surface area contributed by atoms with Crippen LogP contribution in [-0.4, -0.2) is 82.4 Å². The first-order chi connectivity index (χ1) is 23.9. The molecule has 0 bridgehead atoms. The lowest BCUT2D eigenvalue weighted by molar-refractivity contribution is -0.158. The Bertz CT molecular complexity index is 1430. The second kappa shape index (κ2) is 20.5. The van der Waals surface area contributed by atoms with Crippen LogP contribution in [0.15, 0.2) is 60.7 Å². The molecule has 1 aliphatic heterocycles. The first kappa shape index (κ1) is 42.0. The van der Waals surface area contributed by atoms with Crippen LogP contribution < -0.4 is 10.6 Å². The van der Waals surface area contributed by atoms with Gasteiger partial charge in [0.15, 0.2) is 0 Å². The number of ether oxygens (including phenoxy) is 4. The van der Waals surface area contributed by atoms with Crippen LogP contribution in [0.4, 0.5) is 9.59 Å². The van der Waals surface area contributed by atoms with Gasteiger partial charge in [-0.25, -0.2) is 14.4 Å². The van der Waals surface area contributed by atoms with E-state index in [1.54, 1.807) is 70.7 Å². The van der Waals surface area contributed by atoms with E-state index in [9.17, 15) is 28.8 Å². The van der Waals surface area contributed by atoms with Gasteiger partial charge in [0.2, 0.25) is 5.91 Å². The van der Waals surface area contributed by atoms with Crippen molar-refractivity contribution in [2.75, 3.05) is 13.1 Å². The highest BCUT2D eigenvalue weighted by molar-refractivity contribution is 5.90. The summed E-state index contributed by atoms with van der Waals surface area (Å²) < 4.78 is 20.5. The maximum Gasteiger partial charge on any atom is 0.408 e. The van der Waals surface area contributed by atoms with E-state index in [0.717, 1.165) is 30.4 Å². The number of nitrogens with zero attached hydrogens (tertiary/aromatic N) is 1. The molecule has 2 aromatic rings. The van der Waals surface area contributed by atoms with E-state index < -0.39 is 59.8 Å². The summed E-state index contributed by atoms with van der Waals surface area (Å²) in [6.07, 6.45) is 0.562. The Morgan fingerprint density at radius 1 is 0.647 bits per heavy atom. The lowest BCUT2D eigenvalue weighted by Crippen LogP contribution is -2.51. The molecular formula is C37H51N3O11. The van der Waals surface area contributed by atoms with E-state index in [0.29, 0.717) is 13.1 Å². The topological polar surface area (TPSA) is 187 Å². The third-order valence-corrected chi connectivity index (χ3v) is 6.86. The van der Waals surface area contributed by atoms with Crippen molar-refractivity contribution in [3.63, 3.8) is 0 Å². The Kier molecular flexibility index (Phi) is 16.9. The second-order valence-electron chi connectivity index (χ2n) is 13.8. The summed E-state index contributed by atoms with van der Waals surface area (Å²) in [6, 6.07) is 15.8. The van der Waals surface area contributed by atoms with Crippen LogP contribution in [0.2, 0.25) is 0 Å². The fraction of sp³-hybridized carbons (Fsp3) is 0.514. The number of alkyl carbamates (subject to hydrolysis) is 2. The molecule has 0 spiro atoms. The van der Waals surface area contributed by atoms with Crippen LogP contribution in [0.3, 0.4) is 0 Å². The molecular weight excluding hydrogens is 662 g/mol. The maximum atomic E-state index is 12.9. The van der Waals surface area contributed by atoms with Gasteiger partial charge in [0.05, 0.1) is 12.8 Å². The molecule has 0 aromatic heterocycles. The van der Waals surface area contributed by atoms with E-state index in [1.165, 1.54) is 0 Å². The van der Waals surface area contributed by atoms with Gasteiger partial charge in [0.1, 0.15) is 36.5 Å². The van der Waals surface area contributed by atoms with Gasteiger partial charge in [-0.2, -0.15) is 0 Å². The smallest absolute Gasteiger partial charge is 0.408 e. The van der Waals surface area contributed by atoms with E-state index >= 15 is 0 Å². The molecule has 0 radical (unpaired) electrons. The van der Waals surface area contributed by atoms with Crippen molar-refractivity contribution in [3.05, 3.63) is 71.8 Å². The molecule has 3 N–H and O–H groups in total. The van der Waals surface area contributed by atoms with Crippen LogP contribution >= 0.6 is 0 Å². The molecule has 280 valence electrons. The predicted molar refractivity (Wildman–Crippen MR) is 186 cm³/mol. The van der Waals surface area contributed by atoms with Gasteiger partial charge >= 0.3 is 30.1 Å². The number of piperidine rings is 1. The number of carbonyl (C=O) groups is 6. The monoisotopic (exact) mass is 713 g/mol. The number of likely N-dealkylation sites (tertiary alicyclic amines) is 1. The SMILES string of the molecule is CC(C)(C)OC(=O)C[C@H](NC(=O)OCc1ccccc1)C(=O)N1CCCCC1.CC(C)(C)OC(=O)C[C@H](NC(=O)OCc1ccccc1)C(=O)O. The number of rotatable bonds is 12. The molecule has 0 aliphatic carbocycles. The minimum Gasteiger partial charge on any atom is -0.480 e. The molecule has 14 nitrogen and oxygen atoms in total. The molecule has 3 amide bonds. The number of carbonyl (C=O) groups excluding carboxylic acids is 5. The molecule has 1 heterocycles. The Morgan fingerprint density at radius 3 is 1.43 bits per heavy atom. The largest absolute Gasteiger partial charge is 0.480 e. The fourth-order valence-corrected chi connectivity index (χ4v) is 4.65. The zero-order valence-corrected chi connectivity index (χ0v) is 30.3. The first-order valence-electron chi connectivity index (χ1n) is 16.8. The van der Waals surface area contributed by atoms with Crippen LogP contribution in [0.25, 0.3) is 0 Å². The highest BCUT2D eigenvalue weighted by atomic mass is 16.6. The molecule has 3 rings (SSSR count). The van der Waals surface area contributed by atoms with Crippen molar-refractivity contribution >= 4 is 36.0 Å². The number of aliphatic carboxylic acids is 1. The van der Waals surface area contributed by atoms with Crippen molar-refractivity contribution in [1.82, 2.24) is 15.5 Å². The molecule has 2 aromatic carbocycles. The third-order valence-electron chi connectivity index (χ3n) is 6.86. The van der Waals surface area contributed by atoms with Crippen molar-refractivity contribution < 1.29 is 52.8 Å². The van der Waals surface area contributed by atoms with Crippen molar-refractivity contribution in [1.29, 1.82) is 0 Å². The minimum absolute atomic E-state index is 0.00541.